The first kappa shape index (κ1) is 13.4. The molecule has 2 nitrogen and oxygen atoms in total. The van der Waals surface area contributed by atoms with Crippen LogP contribution in [0.5, 0.6) is 0 Å². The molecule has 2 heteroatoms. The minimum absolute atomic E-state index is 0.681. The highest BCUT2D eigenvalue weighted by atomic mass is 15.1. The maximum atomic E-state index is 5.65. The number of anilines is 1. The summed E-state index contributed by atoms with van der Waals surface area (Å²) >= 11 is 0. The predicted molar refractivity (Wildman–Crippen MR) is 79.0 cm³/mol. The summed E-state index contributed by atoms with van der Waals surface area (Å²) in [5, 5.41) is 0. The average molecular weight is 246 g/mol. The molecule has 18 heavy (non-hydrogen) atoms. The summed E-state index contributed by atoms with van der Waals surface area (Å²) in [7, 11) is 0. The van der Waals surface area contributed by atoms with E-state index in [2.05, 4.69) is 36.1 Å². The van der Waals surface area contributed by atoms with E-state index in [1.54, 1.807) is 0 Å². The van der Waals surface area contributed by atoms with Crippen LogP contribution in [0.4, 0.5) is 5.69 Å². The first-order chi connectivity index (χ1) is 8.81. The van der Waals surface area contributed by atoms with E-state index < -0.39 is 0 Å². The highest BCUT2D eigenvalue weighted by Crippen LogP contribution is 2.26. The van der Waals surface area contributed by atoms with Crippen molar-refractivity contribution in [2.45, 2.75) is 39.0 Å². The quantitative estimate of drug-likeness (QED) is 0.864. The van der Waals surface area contributed by atoms with E-state index >= 15 is 0 Å². The number of hydrogen-bond donors (Lipinski definition) is 1. The molecule has 0 amide bonds. The fourth-order valence-corrected chi connectivity index (χ4v) is 2.89. The third-order valence-corrected chi connectivity index (χ3v) is 3.92. The molecule has 1 saturated heterocycles. The van der Waals surface area contributed by atoms with E-state index in [4.69, 9.17) is 5.73 Å². The van der Waals surface area contributed by atoms with Crippen LogP contribution in [0.25, 0.3) is 0 Å². The molecule has 1 aromatic carbocycles. The summed E-state index contributed by atoms with van der Waals surface area (Å²) in [5.41, 5.74) is 8.61. The van der Waals surface area contributed by atoms with Crippen LogP contribution in [0.3, 0.4) is 0 Å². The van der Waals surface area contributed by atoms with Crippen LogP contribution in [0.1, 0.15) is 38.2 Å². The number of hydrogen-bond acceptors (Lipinski definition) is 2. The van der Waals surface area contributed by atoms with Crippen molar-refractivity contribution in [3.63, 3.8) is 0 Å². The lowest BCUT2D eigenvalue weighted by atomic mass is 9.96. The van der Waals surface area contributed by atoms with E-state index in [1.165, 1.54) is 43.6 Å². The zero-order valence-corrected chi connectivity index (χ0v) is 11.6. The summed E-state index contributed by atoms with van der Waals surface area (Å²) in [6.45, 7) is 5.55. The number of nitrogens with zero attached hydrogens (tertiary/aromatic N) is 1. The molecule has 2 N–H and O–H groups in total. The normalized spacial score (nSPS) is 17.8. The summed E-state index contributed by atoms with van der Waals surface area (Å²) in [6, 6.07) is 8.91. The van der Waals surface area contributed by atoms with Gasteiger partial charge >= 0.3 is 0 Å². The standard InChI is InChI=1S/C16H26N2/c1-14(9-10-17)13-15-7-3-4-8-16(15)18-11-5-2-6-12-18/h3-4,7-8,14H,2,5-6,9-13,17H2,1H3/t14-/m1/s1. The minimum atomic E-state index is 0.681. The summed E-state index contributed by atoms with van der Waals surface area (Å²) in [6.07, 6.45) is 6.35. The van der Waals surface area contributed by atoms with Gasteiger partial charge in [0.2, 0.25) is 0 Å². The number of piperidine rings is 1. The van der Waals surface area contributed by atoms with E-state index in [0.717, 1.165) is 19.4 Å². The first-order valence-electron chi connectivity index (χ1n) is 7.34. The van der Waals surface area contributed by atoms with E-state index in [-0.39, 0.29) is 0 Å². The second-order valence-electron chi connectivity index (χ2n) is 5.56. The Kier molecular flexibility index (Phi) is 5.06. The first-order valence-corrected chi connectivity index (χ1v) is 7.34. The molecule has 0 unspecified atom stereocenters. The second-order valence-corrected chi connectivity index (χ2v) is 5.56. The molecule has 1 atom stereocenters. The molecule has 1 fully saturated rings. The summed E-state index contributed by atoms with van der Waals surface area (Å²) in [4.78, 5) is 2.56. The monoisotopic (exact) mass is 246 g/mol. The van der Waals surface area contributed by atoms with Gasteiger partial charge in [-0.15, -0.1) is 0 Å². The molecule has 0 saturated carbocycles. The molecule has 1 aliphatic rings. The van der Waals surface area contributed by atoms with Gasteiger partial charge < -0.3 is 10.6 Å². The van der Waals surface area contributed by atoms with Crippen LogP contribution in [-0.4, -0.2) is 19.6 Å². The molecule has 0 aromatic heterocycles. The lowest BCUT2D eigenvalue weighted by Gasteiger charge is -2.31. The smallest absolute Gasteiger partial charge is 0.0398 e. The minimum Gasteiger partial charge on any atom is -0.371 e. The molecule has 0 bridgehead atoms. The Morgan fingerprint density at radius 3 is 2.61 bits per heavy atom. The Morgan fingerprint density at radius 2 is 1.89 bits per heavy atom. The molecule has 1 aliphatic heterocycles. The molecule has 2 rings (SSSR count). The fraction of sp³-hybridized carbons (Fsp3) is 0.625. The maximum absolute atomic E-state index is 5.65. The Hall–Kier alpha value is -1.02. The van der Waals surface area contributed by atoms with Crippen LogP contribution in [0.2, 0.25) is 0 Å². The Balaban J connectivity index is 2.09. The molecule has 1 heterocycles. The molecule has 1 aromatic rings. The van der Waals surface area contributed by atoms with Crippen molar-refractivity contribution in [3.8, 4) is 0 Å². The van der Waals surface area contributed by atoms with Gasteiger partial charge in [0.15, 0.2) is 0 Å². The van der Waals surface area contributed by atoms with Gasteiger partial charge in [-0.2, -0.15) is 0 Å². The van der Waals surface area contributed by atoms with E-state index in [0.29, 0.717) is 5.92 Å². The van der Waals surface area contributed by atoms with E-state index in [9.17, 15) is 0 Å². The highest BCUT2D eigenvalue weighted by Gasteiger charge is 2.15. The molecular weight excluding hydrogens is 220 g/mol. The zero-order chi connectivity index (χ0) is 12.8. The van der Waals surface area contributed by atoms with Gasteiger partial charge in [0.25, 0.3) is 0 Å². The summed E-state index contributed by atoms with van der Waals surface area (Å²) < 4.78 is 0. The van der Waals surface area contributed by atoms with Gasteiger partial charge in [0.1, 0.15) is 0 Å². The van der Waals surface area contributed by atoms with Crippen LogP contribution in [0, 0.1) is 5.92 Å². The van der Waals surface area contributed by atoms with Gasteiger partial charge in [0, 0.05) is 18.8 Å². The van der Waals surface area contributed by atoms with Crippen molar-refractivity contribution in [2.24, 2.45) is 11.7 Å². The SMILES string of the molecule is C[C@H](CCN)Cc1ccccc1N1CCCCC1. The topological polar surface area (TPSA) is 29.3 Å². The highest BCUT2D eigenvalue weighted by molar-refractivity contribution is 5.54. The molecular formula is C16H26N2. The van der Waals surface area contributed by atoms with Crippen LogP contribution in [-0.2, 0) is 6.42 Å². The molecule has 0 radical (unpaired) electrons. The van der Waals surface area contributed by atoms with Crippen LogP contribution >= 0.6 is 0 Å². The zero-order valence-electron chi connectivity index (χ0n) is 11.6. The average Bonchev–Trinajstić information content (AvgIpc) is 2.40. The third kappa shape index (κ3) is 3.49. The summed E-state index contributed by atoms with van der Waals surface area (Å²) in [5.74, 6) is 0.681. The van der Waals surface area contributed by atoms with Gasteiger partial charge in [-0.25, -0.2) is 0 Å². The number of para-hydroxylation sites is 1. The second kappa shape index (κ2) is 6.79. The number of nitrogens with two attached hydrogens (primary N) is 1. The van der Waals surface area contributed by atoms with Crippen molar-refractivity contribution < 1.29 is 0 Å². The Labute approximate surface area is 111 Å². The lowest BCUT2D eigenvalue weighted by molar-refractivity contribution is 0.533. The Bertz CT molecular complexity index is 356. The fourth-order valence-electron chi connectivity index (χ4n) is 2.89. The van der Waals surface area contributed by atoms with Gasteiger partial charge in [-0.05, 0) is 56.2 Å². The van der Waals surface area contributed by atoms with Gasteiger partial charge in [0.05, 0.1) is 0 Å². The predicted octanol–water partition coefficient (Wildman–Crippen LogP) is 3.20. The maximum Gasteiger partial charge on any atom is 0.0398 e. The van der Waals surface area contributed by atoms with E-state index in [1.807, 2.05) is 0 Å². The largest absolute Gasteiger partial charge is 0.371 e. The molecule has 0 spiro atoms. The third-order valence-electron chi connectivity index (χ3n) is 3.92. The van der Waals surface area contributed by atoms with Crippen LogP contribution in [0.15, 0.2) is 24.3 Å². The number of rotatable bonds is 5. The Morgan fingerprint density at radius 1 is 1.17 bits per heavy atom. The van der Waals surface area contributed by atoms with Gasteiger partial charge in [-0.1, -0.05) is 25.1 Å². The van der Waals surface area contributed by atoms with Gasteiger partial charge in [-0.3, -0.25) is 0 Å². The van der Waals surface area contributed by atoms with Crippen molar-refractivity contribution in [1.82, 2.24) is 0 Å². The van der Waals surface area contributed by atoms with Crippen molar-refractivity contribution in [1.29, 1.82) is 0 Å². The van der Waals surface area contributed by atoms with Crippen LogP contribution < -0.4 is 10.6 Å². The molecule has 0 aliphatic carbocycles. The van der Waals surface area contributed by atoms with Crippen molar-refractivity contribution in [3.05, 3.63) is 29.8 Å². The lowest BCUT2D eigenvalue weighted by Crippen LogP contribution is -2.30. The van der Waals surface area contributed by atoms with Crippen molar-refractivity contribution >= 4 is 5.69 Å². The van der Waals surface area contributed by atoms with Crippen molar-refractivity contribution in [2.75, 3.05) is 24.5 Å². The molecule has 100 valence electrons. The number of benzene rings is 1.